The molecule has 1 aromatic carbocycles. The number of benzene rings is 1. The van der Waals surface area contributed by atoms with E-state index in [-0.39, 0.29) is 17.5 Å². The molecule has 4 rings (SSSR count). The van der Waals surface area contributed by atoms with Crippen LogP contribution >= 0.6 is 11.3 Å². The SMILES string of the molecule is O=C(NC1CCN(Cc2nnnn2Cc2cccs2)CC1)c1ccccc1F. The Kier molecular flexibility index (Phi) is 5.73. The molecule has 0 radical (unpaired) electrons. The zero-order valence-corrected chi connectivity index (χ0v) is 16.1. The van der Waals surface area contributed by atoms with Crippen molar-refractivity contribution in [3.63, 3.8) is 0 Å². The average Bonchev–Trinajstić information content (AvgIpc) is 3.36. The second-order valence-electron chi connectivity index (χ2n) is 6.84. The first-order valence-corrected chi connectivity index (χ1v) is 10.1. The number of amides is 1. The van der Waals surface area contributed by atoms with E-state index >= 15 is 0 Å². The zero-order valence-electron chi connectivity index (χ0n) is 15.3. The van der Waals surface area contributed by atoms with Gasteiger partial charge in [-0.2, -0.15) is 0 Å². The van der Waals surface area contributed by atoms with E-state index < -0.39 is 5.82 Å². The van der Waals surface area contributed by atoms with Gasteiger partial charge < -0.3 is 5.32 Å². The molecule has 1 fully saturated rings. The first-order chi connectivity index (χ1) is 13.7. The lowest BCUT2D eigenvalue weighted by atomic mass is 10.0. The number of carbonyl (C=O) groups excluding carboxylic acids is 1. The Labute approximate surface area is 166 Å². The highest BCUT2D eigenvalue weighted by Gasteiger charge is 2.23. The molecule has 0 saturated carbocycles. The van der Waals surface area contributed by atoms with E-state index in [9.17, 15) is 9.18 Å². The van der Waals surface area contributed by atoms with Crippen LogP contribution in [0.4, 0.5) is 4.39 Å². The Morgan fingerprint density at radius 3 is 2.75 bits per heavy atom. The maximum absolute atomic E-state index is 13.8. The summed E-state index contributed by atoms with van der Waals surface area (Å²) in [5.74, 6) is -0.00584. The van der Waals surface area contributed by atoms with Gasteiger partial charge in [-0.05, 0) is 46.8 Å². The second kappa shape index (κ2) is 8.57. The Balaban J connectivity index is 1.29. The van der Waals surface area contributed by atoms with Crippen LogP contribution in [0.3, 0.4) is 0 Å². The normalized spacial score (nSPS) is 15.6. The third-order valence-corrected chi connectivity index (χ3v) is 5.76. The largest absolute Gasteiger partial charge is 0.349 e. The monoisotopic (exact) mass is 400 g/mol. The number of piperidine rings is 1. The van der Waals surface area contributed by atoms with E-state index in [0.717, 1.165) is 31.8 Å². The van der Waals surface area contributed by atoms with Crippen molar-refractivity contribution >= 4 is 17.2 Å². The summed E-state index contributed by atoms with van der Waals surface area (Å²) in [6.07, 6.45) is 1.62. The standard InChI is InChI=1S/C19H21FN6OS/c20-17-6-2-1-5-16(17)19(27)21-14-7-9-25(10-8-14)13-18-22-23-24-26(18)12-15-4-3-11-28-15/h1-6,11,14H,7-10,12-13H2,(H,21,27). The van der Waals surface area contributed by atoms with Crippen LogP contribution in [-0.2, 0) is 13.1 Å². The van der Waals surface area contributed by atoms with Crippen molar-refractivity contribution in [2.24, 2.45) is 0 Å². The Hall–Kier alpha value is -2.65. The molecule has 9 heteroatoms. The summed E-state index contributed by atoms with van der Waals surface area (Å²) in [7, 11) is 0. The second-order valence-corrected chi connectivity index (χ2v) is 7.87. The van der Waals surface area contributed by atoms with Gasteiger partial charge in [-0.3, -0.25) is 9.69 Å². The van der Waals surface area contributed by atoms with Gasteiger partial charge in [-0.15, -0.1) is 16.4 Å². The number of nitrogens with zero attached hydrogens (tertiary/aromatic N) is 5. The van der Waals surface area contributed by atoms with Crippen molar-refractivity contribution in [2.75, 3.05) is 13.1 Å². The van der Waals surface area contributed by atoms with Gasteiger partial charge in [0.15, 0.2) is 5.82 Å². The molecule has 0 bridgehead atoms. The number of halogens is 1. The molecule has 1 saturated heterocycles. The lowest BCUT2D eigenvalue weighted by molar-refractivity contribution is 0.0903. The summed E-state index contributed by atoms with van der Waals surface area (Å²) >= 11 is 1.68. The molecule has 2 aromatic heterocycles. The Morgan fingerprint density at radius 1 is 1.18 bits per heavy atom. The lowest BCUT2D eigenvalue weighted by Crippen LogP contribution is -2.44. The minimum atomic E-state index is -0.491. The van der Waals surface area contributed by atoms with Gasteiger partial charge in [-0.25, -0.2) is 9.07 Å². The maximum Gasteiger partial charge on any atom is 0.254 e. The quantitative estimate of drug-likeness (QED) is 0.687. The maximum atomic E-state index is 13.8. The van der Waals surface area contributed by atoms with Gasteiger partial charge in [0.1, 0.15) is 5.82 Å². The van der Waals surface area contributed by atoms with E-state index in [1.54, 1.807) is 23.5 Å². The fourth-order valence-corrected chi connectivity index (χ4v) is 4.04. The Bertz CT molecular complexity index is 920. The Morgan fingerprint density at radius 2 is 2.00 bits per heavy atom. The van der Waals surface area contributed by atoms with Gasteiger partial charge in [-0.1, -0.05) is 18.2 Å². The molecule has 1 aliphatic rings. The van der Waals surface area contributed by atoms with Crippen LogP contribution in [0.1, 0.15) is 33.9 Å². The van der Waals surface area contributed by atoms with Crippen molar-refractivity contribution in [1.29, 1.82) is 0 Å². The van der Waals surface area contributed by atoms with Crippen LogP contribution in [0, 0.1) is 5.82 Å². The minimum Gasteiger partial charge on any atom is -0.349 e. The highest BCUT2D eigenvalue weighted by molar-refractivity contribution is 7.09. The third-order valence-electron chi connectivity index (χ3n) is 4.90. The molecular weight excluding hydrogens is 379 g/mol. The molecule has 7 nitrogen and oxygen atoms in total. The predicted octanol–water partition coefficient (Wildman–Crippen LogP) is 2.32. The van der Waals surface area contributed by atoms with Crippen molar-refractivity contribution in [1.82, 2.24) is 30.4 Å². The summed E-state index contributed by atoms with van der Waals surface area (Å²) in [6, 6.07) is 10.2. The smallest absolute Gasteiger partial charge is 0.254 e. The molecule has 3 aromatic rings. The number of hydrogen-bond donors (Lipinski definition) is 1. The molecule has 3 heterocycles. The molecule has 1 N–H and O–H groups in total. The fourth-order valence-electron chi connectivity index (χ4n) is 3.35. The lowest BCUT2D eigenvalue weighted by Gasteiger charge is -2.31. The number of thiophene rings is 1. The molecule has 0 atom stereocenters. The number of aromatic nitrogens is 4. The summed E-state index contributed by atoms with van der Waals surface area (Å²) in [5, 5.41) is 17.1. The average molecular weight is 400 g/mol. The zero-order chi connectivity index (χ0) is 19.3. The molecule has 1 amide bonds. The van der Waals surface area contributed by atoms with Gasteiger partial charge in [0, 0.05) is 24.0 Å². The summed E-state index contributed by atoms with van der Waals surface area (Å²) in [6.45, 7) is 3.00. The summed E-state index contributed by atoms with van der Waals surface area (Å²) in [4.78, 5) is 15.8. The topological polar surface area (TPSA) is 75.9 Å². The minimum absolute atomic E-state index is 0.0467. The van der Waals surface area contributed by atoms with Crippen LogP contribution in [0.15, 0.2) is 41.8 Å². The van der Waals surface area contributed by atoms with Crippen LogP contribution in [0.5, 0.6) is 0 Å². The van der Waals surface area contributed by atoms with Crippen LogP contribution in [0.25, 0.3) is 0 Å². The van der Waals surface area contributed by atoms with Gasteiger partial charge >= 0.3 is 0 Å². The van der Waals surface area contributed by atoms with Gasteiger partial charge in [0.2, 0.25) is 0 Å². The van der Waals surface area contributed by atoms with Crippen LogP contribution in [0.2, 0.25) is 0 Å². The first kappa shape index (κ1) is 18.7. The summed E-state index contributed by atoms with van der Waals surface area (Å²) < 4.78 is 15.6. The summed E-state index contributed by atoms with van der Waals surface area (Å²) in [5.41, 5.74) is 0.0951. The number of rotatable bonds is 6. The van der Waals surface area contributed by atoms with E-state index in [2.05, 4.69) is 31.8 Å². The number of tetrazole rings is 1. The molecule has 0 aliphatic carbocycles. The van der Waals surface area contributed by atoms with Gasteiger partial charge in [0.25, 0.3) is 5.91 Å². The highest BCUT2D eigenvalue weighted by Crippen LogP contribution is 2.16. The van der Waals surface area contributed by atoms with Gasteiger partial charge in [0.05, 0.1) is 18.7 Å². The van der Waals surface area contributed by atoms with Crippen molar-refractivity contribution < 1.29 is 9.18 Å². The number of nitrogens with one attached hydrogen (secondary N) is 1. The number of likely N-dealkylation sites (tertiary alicyclic amines) is 1. The molecule has 0 unspecified atom stereocenters. The molecular formula is C19H21FN6OS. The highest BCUT2D eigenvalue weighted by atomic mass is 32.1. The van der Waals surface area contributed by atoms with Crippen LogP contribution < -0.4 is 5.32 Å². The van der Waals surface area contributed by atoms with E-state index in [0.29, 0.717) is 13.1 Å². The third kappa shape index (κ3) is 4.42. The first-order valence-electron chi connectivity index (χ1n) is 9.24. The van der Waals surface area contributed by atoms with Crippen LogP contribution in [-0.4, -0.2) is 50.1 Å². The molecule has 0 spiro atoms. The number of hydrogen-bond acceptors (Lipinski definition) is 6. The molecule has 1 aliphatic heterocycles. The van der Waals surface area contributed by atoms with Crippen molar-refractivity contribution in [2.45, 2.75) is 32.0 Å². The predicted molar refractivity (Wildman–Crippen MR) is 103 cm³/mol. The fraction of sp³-hybridized carbons (Fsp3) is 0.368. The van der Waals surface area contributed by atoms with E-state index in [1.165, 1.54) is 17.0 Å². The van der Waals surface area contributed by atoms with Crippen molar-refractivity contribution in [3.05, 3.63) is 63.9 Å². The van der Waals surface area contributed by atoms with E-state index in [4.69, 9.17) is 0 Å². The van der Waals surface area contributed by atoms with Crippen molar-refractivity contribution in [3.8, 4) is 0 Å². The number of carbonyl (C=O) groups is 1. The molecule has 28 heavy (non-hydrogen) atoms. The molecule has 146 valence electrons. The van der Waals surface area contributed by atoms with E-state index in [1.807, 2.05) is 16.1 Å².